The topological polar surface area (TPSA) is 78.9 Å². The second-order valence-electron chi connectivity index (χ2n) is 22.0. The molecule has 71 heavy (non-hydrogen) atoms. The van der Waals surface area contributed by atoms with Gasteiger partial charge in [0.15, 0.2) is 6.10 Å². The molecule has 0 amide bonds. The molecule has 6 heteroatoms. The van der Waals surface area contributed by atoms with Crippen LogP contribution in [0.3, 0.4) is 0 Å². The summed E-state index contributed by atoms with van der Waals surface area (Å²) < 4.78 is 16.8. The van der Waals surface area contributed by atoms with Crippen molar-refractivity contribution in [3.05, 3.63) is 12.2 Å². The van der Waals surface area contributed by atoms with E-state index in [1.54, 1.807) is 0 Å². The lowest BCUT2D eigenvalue weighted by atomic mass is 10.0. The smallest absolute Gasteiger partial charge is 0.306 e. The molecular formula is C65H124O6. The zero-order chi connectivity index (χ0) is 51.4. The SMILES string of the molecule is CCCC/C=C\CCCCCCCC(=O)OC(COC(=O)CCCCCCCCCCCC)COC(=O)CCCCCCCCCCCCCCCCCCCCCCCCCCCCCCCCCC. The van der Waals surface area contributed by atoms with E-state index in [0.29, 0.717) is 19.3 Å². The Morgan fingerprint density at radius 3 is 0.746 bits per heavy atom. The molecule has 1 unspecified atom stereocenters. The van der Waals surface area contributed by atoms with E-state index in [4.69, 9.17) is 14.2 Å². The highest BCUT2D eigenvalue weighted by atomic mass is 16.6. The number of carbonyl (C=O) groups is 3. The van der Waals surface area contributed by atoms with Gasteiger partial charge >= 0.3 is 17.9 Å². The zero-order valence-electron chi connectivity index (χ0n) is 48.3. The second kappa shape index (κ2) is 60.7. The Bertz CT molecular complexity index is 1100. The summed E-state index contributed by atoms with van der Waals surface area (Å²) in [7, 11) is 0. The van der Waals surface area contributed by atoms with E-state index < -0.39 is 6.10 Å². The van der Waals surface area contributed by atoms with Gasteiger partial charge in [0.2, 0.25) is 0 Å². The lowest BCUT2D eigenvalue weighted by molar-refractivity contribution is -0.167. The van der Waals surface area contributed by atoms with Gasteiger partial charge in [-0.05, 0) is 38.5 Å². The molecule has 6 nitrogen and oxygen atoms in total. The summed E-state index contributed by atoms with van der Waals surface area (Å²) in [6.45, 7) is 6.64. The van der Waals surface area contributed by atoms with Crippen LogP contribution in [-0.2, 0) is 28.6 Å². The summed E-state index contributed by atoms with van der Waals surface area (Å²) in [6.07, 6.45) is 71.2. The van der Waals surface area contributed by atoms with Crippen LogP contribution < -0.4 is 0 Å². The molecule has 0 fully saturated rings. The van der Waals surface area contributed by atoms with E-state index in [1.807, 2.05) is 0 Å². The molecule has 0 aromatic rings. The van der Waals surface area contributed by atoms with Crippen LogP contribution in [0.4, 0.5) is 0 Å². The predicted molar refractivity (Wildman–Crippen MR) is 307 cm³/mol. The Morgan fingerprint density at radius 1 is 0.268 bits per heavy atom. The number of rotatable bonds is 60. The summed E-state index contributed by atoms with van der Waals surface area (Å²) in [5.41, 5.74) is 0. The van der Waals surface area contributed by atoms with Gasteiger partial charge in [-0.2, -0.15) is 0 Å². The second-order valence-corrected chi connectivity index (χ2v) is 22.0. The fourth-order valence-corrected chi connectivity index (χ4v) is 9.90. The highest BCUT2D eigenvalue weighted by molar-refractivity contribution is 5.71. The summed E-state index contributed by atoms with van der Waals surface area (Å²) in [4.78, 5) is 38.0. The summed E-state index contributed by atoms with van der Waals surface area (Å²) in [6, 6.07) is 0. The number of allylic oxidation sites excluding steroid dienone is 2. The molecule has 0 heterocycles. The molecular weight excluding hydrogens is 877 g/mol. The minimum Gasteiger partial charge on any atom is -0.462 e. The van der Waals surface area contributed by atoms with Crippen LogP contribution in [-0.4, -0.2) is 37.2 Å². The molecule has 0 saturated carbocycles. The molecule has 0 aliphatic rings. The molecule has 1 atom stereocenters. The van der Waals surface area contributed by atoms with Gasteiger partial charge in [-0.3, -0.25) is 14.4 Å². The average molecular weight is 1000 g/mol. The van der Waals surface area contributed by atoms with Gasteiger partial charge in [0.1, 0.15) is 13.2 Å². The van der Waals surface area contributed by atoms with Crippen LogP contribution in [0.1, 0.15) is 367 Å². The summed E-state index contributed by atoms with van der Waals surface area (Å²) in [5.74, 6) is -0.857. The van der Waals surface area contributed by atoms with Crippen molar-refractivity contribution in [3.63, 3.8) is 0 Å². The maximum absolute atomic E-state index is 12.8. The van der Waals surface area contributed by atoms with Gasteiger partial charge in [0.25, 0.3) is 0 Å². The van der Waals surface area contributed by atoms with Gasteiger partial charge in [-0.1, -0.05) is 322 Å². The van der Waals surface area contributed by atoms with Crippen LogP contribution >= 0.6 is 0 Å². The lowest BCUT2D eigenvalue weighted by Crippen LogP contribution is -2.30. The maximum atomic E-state index is 12.8. The standard InChI is InChI=1S/C65H124O6/c1-4-7-10-13-16-19-22-23-24-25-26-27-28-29-30-31-32-33-34-35-36-37-38-39-40-41-42-44-46-49-52-55-58-64(67)70-61-62(60-69-63(66)57-54-51-48-45-21-18-15-12-9-6-3)71-65(68)59-56-53-50-47-43-20-17-14-11-8-5-2/h14,17,62H,4-13,15-16,18-61H2,1-3H3/b17-14-. The number of unbranched alkanes of at least 4 members (excludes halogenated alkanes) is 47. The van der Waals surface area contributed by atoms with Gasteiger partial charge in [0, 0.05) is 19.3 Å². The van der Waals surface area contributed by atoms with E-state index in [1.165, 1.54) is 263 Å². The third-order valence-electron chi connectivity index (χ3n) is 14.8. The van der Waals surface area contributed by atoms with E-state index in [9.17, 15) is 14.4 Å². The number of ether oxygens (including phenoxy) is 3. The van der Waals surface area contributed by atoms with E-state index >= 15 is 0 Å². The van der Waals surface area contributed by atoms with Crippen LogP contribution in [0.5, 0.6) is 0 Å². The first-order chi connectivity index (χ1) is 35.0. The fourth-order valence-electron chi connectivity index (χ4n) is 9.90. The highest BCUT2D eigenvalue weighted by Gasteiger charge is 2.19. The Balaban J connectivity index is 3.94. The summed E-state index contributed by atoms with van der Waals surface area (Å²) in [5, 5.41) is 0. The van der Waals surface area contributed by atoms with Crippen molar-refractivity contribution in [1.82, 2.24) is 0 Å². The first-order valence-corrected chi connectivity index (χ1v) is 32.2. The van der Waals surface area contributed by atoms with Gasteiger partial charge in [-0.15, -0.1) is 0 Å². The fraction of sp³-hybridized carbons (Fsp3) is 0.923. The van der Waals surface area contributed by atoms with Gasteiger partial charge in [-0.25, -0.2) is 0 Å². The highest BCUT2D eigenvalue weighted by Crippen LogP contribution is 2.18. The molecule has 0 bridgehead atoms. The summed E-state index contributed by atoms with van der Waals surface area (Å²) >= 11 is 0. The number of carbonyl (C=O) groups excluding carboxylic acids is 3. The number of hydrogen-bond donors (Lipinski definition) is 0. The Labute approximate surface area is 443 Å². The van der Waals surface area contributed by atoms with Gasteiger partial charge in [0.05, 0.1) is 0 Å². The minimum absolute atomic E-state index is 0.0679. The normalized spacial score (nSPS) is 12.0. The largest absolute Gasteiger partial charge is 0.462 e. The molecule has 0 aromatic carbocycles. The van der Waals surface area contributed by atoms with Crippen LogP contribution in [0.2, 0.25) is 0 Å². The lowest BCUT2D eigenvalue weighted by Gasteiger charge is -2.18. The Morgan fingerprint density at radius 2 is 0.479 bits per heavy atom. The molecule has 0 radical (unpaired) electrons. The first kappa shape index (κ1) is 69.2. The molecule has 0 N–H and O–H groups in total. The number of esters is 3. The van der Waals surface area contributed by atoms with Crippen molar-refractivity contribution < 1.29 is 28.6 Å². The van der Waals surface area contributed by atoms with Crippen LogP contribution in [0, 0.1) is 0 Å². The molecule has 0 spiro atoms. The molecule has 0 aromatic heterocycles. The quantitative estimate of drug-likeness (QED) is 0.0261. The van der Waals surface area contributed by atoms with Crippen molar-refractivity contribution in [2.24, 2.45) is 0 Å². The van der Waals surface area contributed by atoms with Crippen molar-refractivity contribution in [2.75, 3.05) is 13.2 Å². The third-order valence-corrected chi connectivity index (χ3v) is 14.8. The zero-order valence-corrected chi connectivity index (χ0v) is 48.3. The van der Waals surface area contributed by atoms with Crippen molar-refractivity contribution >= 4 is 17.9 Å². The van der Waals surface area contributed by atoms with Gasteiger partial charge < -0.3 is 14.2 Å². The number of hydrogen-bond acceptors (Lipinski definition) is 6. The van der Waals surface area contributed by atoms with E-state index in [0.717, 1.165) is 64.2 Å². The van der Waals surface area contributed by atoms with Crippen molar-refractivity contribution in [2.45, 2.75) is 374 Å². The molecule has 0 rings (SSSR count). The molecule has 0 aliphatic heterocycles. The average Bonchev–Trinajstić information content (AvgIpc) is 3.37. The molecule has 0 saturated heterocycles. The molecule has 420 valence electrons. The van der Waals surface area contributed by atoms with Crippen LogP contribution in [0.25, 0.3) is 0 Å². The third kappa shape index (κ3) is 58.9. The Hall–Kier alpha value is -1.85. The monoisotopic (exact) mass is 1000 g/mol. The van der Waals surface area contributed by atoms with Crippen molar-refractivity contribution in [3.8, 4) is 0 Å². The maximum Gasteiger partial charge on any atom is 0.306 e. The van der Waals surface area contributed by atoms with Crippen LogP contribution in [0.15, 0.2) is 12.2 Å². The van der Waals surface area contributed by atoms with Crippen molar-refractivity contribution in [1.29, 1.82) is 0 Å². The van der Waals surface area contributed by atoms with E-state index in [2.05, 4.69) is 32.9 Å². The predicted octanol–water partition coefficient (Wildman–Crippen LogP) is 21.7. The minimum atomic E-state index is -0.768. The Kier molecular flexibility index (Phi) is 59.1. The van der Waals surface area contributed by atoms with E-state index in [-0.39, 0.29) is 31.1 Å². The molecule has 0 aliphatic carbocycles. The first-order valence-electron chi connectivity index (χ1n) is 32.2.